The fraction of sp³-hybridized carbons (Fsp3) is 0.867. The Kier molecular flexibility index (Phi) is 5.98. The second kappa shape index (κ2) is 7.74. The first-order valence-corrected chi connectivity index (χ1v) is 7.72. The minimum absolute atomic E-state index is 0.134. The summed E-state index contributed by atoms with van der Waals surface area (Å²) in [7, 11) is 0. The molecule has 2 rings (SSSR count). The molecule has 1 atom stereocenters. The van der Waals surface area contributed by atoms with E-state index in [0.717, 1.165) is 25.9 Å². The monoisotopic (exact) mass is 283 g/mol. The first-order chi connectivity index (χ1) is 9.66. The van der Waals surface area contributed by atoms with Gasteiger partial charge >= 0.3 is 5.97 Å². The molecule has 1 aliphatic heterocycles. The maximum absolute atomic E-state index is 12.3. The van der Waals surface area contributed by atoms with Crippen LogP contribution in [0.3, 0.4) is 0 Å². The van der Waals surface area contributed by atoms with Gasteiger partial charge in [0.15, 0.2) is 5.78 Å². The summed E-state index contributed by atoms with van der Waals surface area (Å²) in [6.07, 6.45) is 6.28. The third-order valence-electron chi connectivity index (χ3n) is 4.46. The van der Waals surface area contributed by atoms with Crippen molar-refractivity contribution >= 4 is 11.8 Å². The van der Waals surface area contributed by atoms with Gasteiger partial charge in [-0.25, -0.2) is 0 Å². The summed E-state index contributed by atoms with van der Waals surface area (Å²) in [5, 5.41) is 9.34. The van der Waals surface area contributed by atoms with Crippen LogP contribution in [0.25, 0.3) is 0 Å². The smallest absolute Gasteiger partial charge is 0.314 e. The summed E-state index contributed by atoms with van der Waals surface area (Å²) in [4.78, 5) is 25.7. The van der Waals surface area contributed by atoms with Gasteiger partial charge in [-0.05, 0) is 12.3 Å². The third kappa shape index (κ3) is 4.56. The summed E-state index contributed by atoms with van der Waals surface area (Å²) >= 11 is 0. The highest BCUT2D eigenvalue weighted by molar-refractivity contribution is 5.99. The van der Waals surface area contributed by atoms with E-state index in [-0.39, 0.29) is 12.3 Å². The zero-order valence-electron chi connectivity index (χ0n) is 12.1. The second-order valence-electron chi connectivity index (χ2n) is 5.99. The predicted octanol–water partition coefficient (Wildman–Crippen LogP) is 1.56. The van der Waals surface area contributed by atoms with Crippen molar-refractivity contribution in [3.05, 3.63) is 0 Å². The molecule has 1 heterocycles. The highest BCUT2D eigenvalue weighted by atomic mass is 16.5. The van der Waals surface area contributed by atoms with Crippen LogP contribution in [-0.2, 0) is 14.3 Å². The number of carboxylic acids is 1. The molecule has 0 amide bonds. The van der Waals surface area contributed by atoms with E-state index in [1.165, 1.54) is 19.3 Å². The van der Waals surface area contributed by atoms with Gasteiger partial charge in [-0.15, -0.1) is 0 Å². The number of aliphatic carboxylic acids is 1. The molecule has 1 unspecified atom stereocenters. The molecule has 1 saturated carbocycles. The van der Waals surface area contributed by atoms with Crippen LogP contribution in [0, 0.1) is 11.8 Å². The number of nitrogens with zero attached hydrogens (tertiary/aromatic N) is 1. The molecule has 0 aromatic carbocycles. The van der Waals surface area contributed by atoms with Crippen LogP contribution in [0.4, 0.5) is 0 Å². The highest BCUT2D eigenvalue weighted by Crippen LogP contribution is 2.29. The topological polar surface area (TPSA) is 66.8 Å². The average Bonchev–Trinajstić information content (AvgIpc) is 2.46. The lowest BCUT2D eigenvalue weighted by Gasteiger charge is -2.28. The van der Waals surface area contributed by atoms with E-state index in [9.17, 15) is 14.7 Å². The van der Waals surface area contributed by atoms with Crippen molar-refractivity contribution in [3.8, 4) is 0 Å². The Morgan fingerprint density at radius 1 is 1.15 bits per heavy atom. The number of carbonyl (C=O) groups is 2. The van der Waals surface area contributed by atoms with Crippen LogP contribution in [0.5, 0.6) is 0 Å². The van der Waals surface area contributed by atoms with Crippen LogP contribution in [0.1, 0.15) is 38.5 Å². The van der Waals surface area contributed by atoms with Crippen LogP contribution < -0.4 is 0 Å². The molecule has 5 nitrogen and oxygen atoms in total. The number of morpholine rings is 1. The second-order valence-corrected chi connectivity index (χ2v) is 5.99. The summed E-state index contributed by atoms with van der Waals surface area (Å²) in [6, 6.07) is 0. The molecule has 1 saturated heterocycles. The summed E-state index contributed by atoms with van der Waals surface area (Å²) in [5.41, 5.74) is 0. The van der Waals surface area contributed by atoms with E-state index in [0.29, 0.717) is 25.6 Å². The lowest BCUT2D eigenvalue weighted by atomic mass is 9.81. The molecule has 2 fully saturated rings. The zero-order chi connectivity index (χ0) is 14.4. The molecule has 0 aromatic rings. The van der Waals surface area contributed by atoms with Gasteiger partial charge < -0.3 is 9.84 Å². The Labute approximate surface area is 120 Å². The van der Waals surface area contributed by atoms with E-state index in [2.05, 4.69) is 0 Å². The number of Topliss-reactive ketones (excluding diaryl/α,β-unsaturated/α-hetero) is 1. The van der Waals surface area contributed by atoms with E-state index in [1.807, 2.05) is 4.90 Å². The standard InChI is InChI=1S/C15H25NO4/c17-14(11-16-6-8-20-9-7-16)13(15(18)19)10-12-4-2-1-3-5-12/h12-13H,1-11H2,(H,18,19). The molecule has 0 bridgehead atoms. The molecule has 114 valence electrons. The third-order valence-corrected chi connectivity index (χ3v) is 4.46. The highest BCUT2D eigenvalue weighted by Gasteiger charge is 2.31. The van der Waals surface area contributed by atoms with Crippen molar-refractivity contribution < 1.29 is 19.4 Å². The Hall–Kier alpha value is -0.940. The molecule has 2 aliphatic rings. The molecular formula is C15H25NO4. The largest absolute Gasteiger partial charge is 0.481 e. The van der Waals surface area contributed by atoms with Crippen molar-refractivity contribution in [2.75, 3.05) is 32.8 Å². The van der Waals surface area contributed by atoms with Gasteiger partial charge in [0.2, 0.25) is 0 Å². The number of carbonyl (C=O) groups excluding carboxylic acids is 1. The van der Waals surface area contributed by atoms with Gasteiger partial charge in [0.25, 0.3) is 0 Å². The fourth-order valence-corrected chi connectivity index (χ4v) is 3.22. The molecule has 1 aliphatic carbocycles. The van der Waals surface area contributed by atoms with Gasteiger partial charge in [0.05, 0.1) is 19.8 Å². The number of ether oxygens (including phenoxy) is 1. The number of carboxylic acid groups (broad SMARTS) is 1. The Bertz CT molecular complexity index is 333. The molecule has 1 N–H and O–H groups in total. The van der Waals surface area contributed by atoms with Gasteiger partial charge in [-0.3, -0.25) is 14.5 Å². The maximum Gasteiger partial charge on any atom is 0.314 e. The zero-order valence-corrected chi connectivity index (χ0v) is 12.1. The Morgan fingerprint density at radius 3 is 2.40 bits per heavy atom. The molecular weight excluding hydrogens is 258 g/mol. The summed E-state index contributed by atoms with van der Waals surface area (Å²) < 4.78 is 5.24. The van der Waals surface area contributed by atoms with Gasteiger partial charge in [-0.1, -0.05) is 32.1 Å². The fourth-order valence-electron chi connectivity index (χ4n) is 3.22. The average molecular weight is 283 g/mol. The van der Waals surface area contributed by atoms with Crippen LogP contribution in [0.15, 0.2) is 0 Å². The van der Waals surface area contributed by atoms with Crippen LogP contribution >= 0.6 is 0 Å². The predicted molar refractivity (Wildman–Crippen MR) is 74.6 cm³/mol. The van der Waals surface area contributed by atoms with Crippen molar-refractivity contribution in [1.82, 2.24) is 4.90 Å². The minimum atomic E-state index is -0.950. The van der Waals surface area contributed by atoms with Crippen molar-refractivity contribution in [3.63, 3.8) is 0 Å². The van der Waals surface area contributed by atoms with Crippen LogP contribution in [-0.4, -0.2) is 54.6 Å². The lowest BCUT2D eigenvalue weighted by Crippen LogP contribution is -2.42. The van der Waals surface area contributed by atoms with Crippen LogP contribution in [0.2, 0.25) is 0 Å². The first kappa shape index (κ1) is 15.4. The molecule has 0 aromatic heterocycles. The number of rotatable bonds is 6. The van der Waals surface area contributed by atoms with E-state index >= 15 is 0 Å². The van der Waals surface area contributed by atoms with E-state index < -0.39 is 11.9 Å². The summed E-state index contributed by atoms with van der Waals surface area (Å²) in [5.74, 6) is -1.49. The van der Waals surface area contributed by atoms with Crippen molar-refractivity contribution in [2.24, 2.45) is 11.8 Å². The molecule has 0 radical (unpaired) electrons. The number of ketones is 1. The van der Waals surface area contributed by atoms with Gasteiger partial charge in [0.1, 0.15) is 5.92 Å². The van der Waals surface area contributed by atoms with Gasteiger partial charge in [-0.2, -0.15) is 0 Å². The maximum atomic E-state index is 12.3. The Balaban J connectivity index is 1.85. The number of hydrogen-bond acceptors (Lipinski definition) is 4. The molecule has 5 heteroatoms. The quantitative estimate of drug-likeness (QED) is 0.749. The first-order valence-electron chi connectivity index (χ1n) is 7.72. The van der Waals surface area contributed by atoms with E-state index in [1.54, 1.807) is 0 Å². The van der Waals surface area contributed by atoms with E-state index in [4.69, 9.17) is 4.74 Å². The molecule has 0 spiro atoms. The normalized spacial score (nSPS) is 23.4. The Morgan fingerprint density at radius 2 is 1.80 bits per heavy atom. The van der Waals surface area contributed by atoms with Gasteiger partial charge in [0, 0.05) is 13.1 Å². The lowest BCUT2D eigenvalue weighted by molar-refractivity contribution is -0.147. The van der Waals surface area contributed by atoms with Crippen molar-refractivity contribution in [2.45, 2.75) is 38.5 Å². The van der Waals surface area contributed by atoms with Crippen molar-refractivity contribution in [1.29, 1.82) is 0 Å². The number of hydrogen-bond donors (Lipinski definition) is 1. The molecule has 20 heavy (non-hydrogen) atoms. The SMILES string of the molecule is O=C(O)C(CC1CCCCC1)C(=O)CN1CCOCC1. The minimum Gasteiger partial charge on any atom is -0.481 e. The summed E-state index contributed by atoms with van der Waals surface area (Å²) in [6.45, 7) is 2.97.